The third kappa shape index (κ3) is 4.53. The van der Waals surface area contributed by atoms with Gasteiger partial charge in [0.15, 0.2) is 0 Å². The predicted octanol–water partition coefficient (Wildman–Crippen LogP) is 2.26. The van der Waals surface area contributed by atoms with E-state index < -0.39 is 5.41 Å². The van der Waals surface area contributed by atoms with Crippen molar-refractivity contribution in [2.24, 2.45) is 5.92 Å². The molecule has 1 aromatic rings. The molecule has 0 radical (unpaired) electrons. The van der Waals surface area contributed by atoms with E-state index in [2.05, 4.69) is 0 Å². The van der Waals surface area contributed by atoms with Crippen LogP contribution < -0.4 is 0 Å². The van der Waals surface area contributed by atoms with Crippen LogP contribution >= 0.6 is 11.6 Å². The van der Waals surface area contributed by atoms with E-state index in [9.17, 15) is 14.4 Å². The average molecular weight is 437 g/mol. The van der Waals surface area contributed by atoms with E-state index in [4.69, 9.17) is 21.1 Å². The molecule has 8 heteroatoms. The molecular formula is C22H29ClN2O5. The lowest BCUT2D eigenvalue weighted by Gasteiger charge is -2.35. The standard InChI is InChI=1S/C22H29ClN2O5/c1-29-11-10-25-20(27)13-22(21(25)28,17-7-3-4-8-18(17)23)12-19(26)24-9-5-6-16(14-24)15-30-2/h3-4,7-8,16H,5-6,9-15H2,1-2H3. The highest BCUT2D eigenvalue weighted by atomic mass is 35.5. The number of methoxy groups -OCH3 is 2. The normalized spacial score (nSPS) is 24.6. The molecule has 0 aromatic heterocycles. The third-order valence-electron chi connectivity index (χ3n) is 6.04. The minimum atomic E-state index is -1.28. The summed E-state index contributed by atoms with van der Waals surface area (Å²) >= 11 is 6.44. The summed E-state index contributed by atoms with van der Waals surface area (Å²) in [6.07, 6.45) is 1.76. The van der Waals surface area contributed by atoms with E-state index in [0.717, 1.165) is 12.8 Å². The van der Waals surface area contributed by atoms with E-state index in [0.29, 0.717) is 30.3 Å². The molecule has 0 saturated carbocycles. The maximum absolute atomic E-state index is 13.5. The number of nitrogens with zero attached hydrogens (tertiary/aromatic N) is 2. The summed E-state index contributed by atoms with van der Waals surface area (Å²) in [6, 6.07) is 6.97. The molecular weight excluding hydrogens is 408 g/mol. The number of halogens is 1. The zero-order valence-corrected chi connectivity index (χ0v) is 18.3. The van der Waals surface area contributed by atoms with Crippen LogP contribution in [0.5, 0.6) is 0 Å². The summed E-state index contributed by atoms with van der Waals surface area (Å²) in [5.41, 5.74) is -0.752. The molecule has 2 unspecified atom stereocenters. The Labute approximate surface area is 182 Å². The maximum Gasteiger partial charge on any atom is 0.241 e. The lowest BCUT2D eigenvalue weighted by Crippen LogP contribution is -2.47. The fourth-order valence-electron chi connectivity index (χ4n) is 4.54. The van der Waals surface area contributed by atoms with Gasteiger partial charge in [-0.2, -0.15) is 0 Å². The molecule has 7 nitrogen and oxygen atoms in total. The Bertz CT molecular complexity index is 799. The zero-order valence-electron chi connectivity index (χ0n) is 17.6. The van der Waals surface area contributed by atoms with Gasteiger partial charge in [-0.3, -0.25) is 19.3 Å². The van der Waals surface area contributed by atoms with Crippen molar-refractivity contribution in [2.75, 3.05) is 47.1 Å². The van der Waals surface area contributed by atoms with Crippen LogP contribution in [0.2, 0.25) is 5.02 Å². The first-order chi connectivity index (χ1) is 14.4. The fraction of sp³-hybridized carbons (Fsp3) is 0.591. The number of imide groups is 1. The molecule has 2 aliphatic rings. The number of hydrogen-bond donors (Lipinski definition) is 0. The van der Waals surface area contributed by atoms with Gasteiger partial charge in [-0.15, -0.1) is 0 Å². The molecule has 0 spiro atoms. The number of likely N-dealkylation sites (tertiary alicyclic amines) is 2. The van der Waals surface area contributed by atoms with Gasteiger partial charge in [-0.1, -0.05) is 29.8 Å². The molecule has 3 amide bonds. The highest BCUT2D eigenvalue weighted by Crippen LogP contribution is 2.43. The van der Waals surface area contributed by atoms with Crippen LogP contribution in [0, 0.1) is 5.92 Å². The van der Waals surface area contributed by atoms with Gasteiger partial charge < -0.3 is 14.4 Å². The lowest BCUT2D eigenvalue weighted by atomic mass is 9.75. The second-order valence-corrected chi connectivity index (χ2v) is 8.47. The molecule has 2 aliphatic heterocycles. The van der Waals surface area contributed by atoms with Crippen LogP contribution in [0.3, 0.4) is 0 Å². The second kappa shape index (κ2) is 9.90. The summed E-state index contributed by atoms with van der Waals surface area (Å²) in [4.78, 5) is 42.5. The van der Waals surface area contributed by atoms with E-state index in [1.807, 2.05) is 0 Å². The van der Waals surface area contributed by atoms with Crippen molar-refractivity contribution >= 4 is 29.3 Å². The largest absolute Gasteiger partial charge is 0.384 e. The van der Waals surface area contributed by atoms with Crippen LogP contribution in [-0.4, -0.2) is 74.6 Å². The summed E-state index contributed by atoms with van der Waals surface area (Å²) < 4.78 is 10.3. The van der Waals surface area contributed by atoms with Gasteiger partial charge in [-0.05, 0) is 30.4 Å². The molecule has 164 valence electrons. The Morgan fingerprint density at radius 1 is 1.23 bits per heavy atom. The first kappa shape index (κ1) is 22.7. The molecule has 0 aliphatic carbocycles. The van der Waals surface area contributed by atoms with Crippen LogP contribution in [-0.2, 0) is 29.3 Å². The minimum Gasteiger partial charge on any atom is -0.384 e. The summed E-state index contributed by atoms with van der Waals surface area (Å²) in [7, 11) is 3.17. The lowest BCUT2D eigenvalue weighted by molar-refractivity contribution is -0.143. The van der Waals surface area contributed by atoms with Crippen LogP contribution in [0.4, 0.5) is 0 Å². The Morgan fingerprint density at radius 2 is 2.00 bits per heavy atom. The maximum atomic E-state index is 13.5. The SMILES string of the molecule is COCCN1C(=O)CC(CC(=O)N2CCCC(COC)C2)(c2ccccc2Cl)C1=O. The quantitative estimate of drug-likeness (QED) is 0.584. The smallest absolute Gasteiger partial charge is 0.241 e. The van der Waals surface area contributed by atoms with Gasteiger partial charge in [0.1, 0.15) is 0 Å². The van der Waals surface area contributed by atoms with E-state index in [-0.39, 0.29) is 49.6 Å². The van der Waals surface area contributed by atoms with Crippen LogP contribution in [0.25, 0.3) is 0 Å². The van der Waals surface area contributed by atoms with E-state index in [1.165, 1.54) is 12.0 Å². The highest BCUT2D eigenvalue weighted by molar-refractivity contribution is 6.32. The van der Waals surface area contributed by atoms with Crippen molar-refractivity contribution in [1.82, 2.24) is 9.80 Å². The Hall–Kier alpha value is -1.96. The van der Waals surface area contributed by atoms with Crippen molar-refractivity contribution in [3.63, 3.8) is 0 Å². The van der Waals surface area contributed by atoms with Gasteiger partial charge in [0.05, 0.1) is 25.2 Å². The number of benzene rings is 1. The number of hydrogen-bond acceptors (Lipinski definition) is 5. The van der Waals surface area contributed by atoms with Crippen molar-refractivity contribution in [3.8, 4) is 0 Å². The van der Waals surface area contributed by atoms with Gasteiger partial charge >= 0.3 is 0 Å². The first-order valence-corrected chi connectivity index (χ1v) is 10.7. The summed E-state index contributed by atoms with van der Waals surface area (Å²) in [5, 5.41) is 0.385. The minimum absolute atomic E-state index is 0.0691. The summed E-state index contributed by atoms with van der Waals surface area (Å²) in [6.45, 7) is 2.25. The second-order valence-electron chi connectivity index (χ2n) is 8.06. The highest BCUT2D eigenvalue weighted by Gasteiger charge is 2.54. The van der Waals surface area contributed by atoms with Crippen LogP contribution in [0.1, 0.15) is 31.2 Å². The molecule has 2 fully saturated rings. The molecule has 2 heterocycles. The van der Waals surface area contributed by atoms with E-state index in [1.54, 1.807) is 36.3 Å². The topological polar surface area (TPSA) is 76.2 Å². The Kier molecular flexibility index (Phi) is 7.50. The monoisotopic (exact) mass is 436 g/mol. The Morgan fingerprint density at radius 3 is 2.70 bits per heavy atom. The Balaban J connectivity index is 1.90. The van der Waals surface area contributed by atoms with Crippen molar-refractivity contribution in [2.45, 2.75) is 31.1 Å². The van der Waals surface area contributed by atoms with Crippen molar-refractivity contribution < 1.29 is 23.9 Å². The predicted molar refractivity (Wildman–Crippen MR) is 112 cm³/mol. The summed E-state index contributed by atoms with van der Waals surface area (Å²) in [5.74, 6) is -0.536. The van der Waals surface area contributed by atoms with E-state index >= 15 is 0 Å². The molecule has 1 aromatic carbocycles. The number of carbonyl (C=O) groups excluding carboxylic acids is 3. The van der Waals surface area contributed by atoms with Crippen molar-refractivity contribution in [3.05, 3.63) is 34.9 Å². The molecule has 2 saturated heterocycles. The zero-order chi connectivity index (χ0) is 21.7. The average Bonchev–Trinajstić information content (AvgIpc) is 2.97. The van der Waals surface area contributed by atoms with Gasteiger partial charge in [0.2, 0.25) is 17.7 Å². The van der Waals surface area contributed by atoms with Gasteiger partial charge in [0, 0.05) is 45.2 Å². The molecule has 3 rings (SSSR count). The number of amides is 3. The molecule has 30 heavy (non-hydrogen) atoms. The van der Waals surface area contributed by atoms with Gasteiger partial charge in [-0.25, -0.2) is 0 Å². The molecule has 2 atom stereocenters. The number of carbonyl (C=O) groups is 3. The van der Waals surface area contributed by atoms with Gasteiger partial charge in [0.25, 0.3) is 0 Å². The number of piperidine rings is 1. The van der Waals surface area contributed by atoms with Crippen molar-refractivity contribution in [1.29, 1.82) is 0 Å². The molecule has 0 bridgehead atoms. The van der Waals surface area contributed by atoms with Crippen LogP contribution in [0.15, 0.2) is 24.3 Å². The number of rotatable bonds is 8. The first-order valence-electron chi connectivity index (χ1n) is 10.3. The fourth-order valence-corrected chi connectivity index (χ4v) is 4.85. The third-order valence-corrected chi connectivity index (χ3v) is 6.37. The molecule has 0 N–H and O–H groups in total. The number of ether oxygens (including phenoxy) is 2.